The molecule has 7 heteroatoms. The number of anilines is 1. The van der Waals surface area contributed by atoms with Crippen LogP contribution in [0.15, 0.2) is 24.3 Å². The smallest absolute Gasteiger partial charge is 0.341 e. The molecule has 1 aliphatic rings. The lowest BCUT2D eigenvalue weighted by Crippen LogP contribution is -2.46. The first-order valence-electron chi connectivity index (χ1n) is 7.92. The maximum atomic E-state index is 13.2. The third-order valence-electron chi connectivity index (χ3n) is 4.18. The monoisotopic (exact) mass is 342 g/mol. The van der Waals surface area contributed by atoms with Crippen molar-refractivity contribution in [2.45, 2.75) is 32.9 Å². The van der Waals surface area contributed by atoms with Crippen molar-refractivity contribution in [3.05, 3.63) is 29.8 Å². The fraction of sp³-hybridized carbons (Fsp3) is 0.529. The van der Waals surface area contributed by atoms with Gasteiger partial charge in [-0.25, -0.2) is 0 Å². The Hall–Kier alpha value is -2.05. The molecule has 1 unspecified atom stereocenters. The summed E-state index contributed by atoms with van der Waals surface area (Å²) in [5.74, 6) is -0.560. The second-order valence-electron chi connectivity index (χ2n) is 6.21. The van der Waals surface area contributed by atoms with Crippen LogP contribution in [0, 0.1) is 5.92 Å². The van der Waals surface area contributed by atoms with Gasteiger partial charge in [0.2, 0.25) is 11.8 Å². The topological polar surface area (TPSA) is 40.6 Å². The number of benzene rings is 1. The Labute approximate surface area is 139 Å². The first kappa shape index (κ1) is 18.3. The number of rotatable bonds is 3. The molecule has 1 heterocycles. The van der Waals surface area contributed by atoms with Crippen LogP contribution in [0.4, 0.5) is 18.9 Å². The molecule has 0 aromatic heterocycles. The largest absolute Gasteiger partial charge is 0.418 e. The Balaban J connectivity index is 2.25. The van der Waals surface area contributed by atoms with Crippen molar-refractivity contribution in [3.63, 3.8) is 0 Å². The number of amides is 2. The van der Waals surface area contributed by atoms with Gasteiger partial charge >= 0.3 is 6.18 Å². The van der Waals surface area contributed by atoms with E-state index in [9.17, 15) is 22.8 Å². The highest BCUT2D eigenvalue weighted by molar-refractivity contribution is 5.98. The molecule has 0 spiro atoms. The molecule has 1 atom stereocenters. The standard InChI is InChI=1S/C17H21F3N2O2/c1-12-6-5-9-21(10-12)16(24)11-22(13(2)23)15-8-4-3-7-14(15)17(18,19)20/h3-4,7-8,12H,5-6,9-11H2,1-2H3. The van der Waals surface area contributed by atoms with Crippen LogP contribution in [0.2, 0.25) is 0 Å². The summed E-state index contributed by atoms with van der Waals surface area (Å²) in [6, 6.07) is 4.82. The molecule has 1 aromatic carbocycles. The van der Waals surface area contributed by atoms with Crippen molar-refractivity contribution in [2.24, 2.45) is 5.92 Å². The molecule has 0 radical (unpaired) electrons. The number of carbonyl (C=O) groups excluding carboxylic acids is 2. The maximum Gasteiger partial charge on any atom is 0.418 e. The Kier molecular flexibility index (Phi) is 5.51. The Morgan fingerprint density at radius 3 is 2.54 bits per heavy atom. The van der Waals surface area contributed by atoms with Gasteiger partial charge < -0.3 is 9.80 Å². The van der Waals surface area contributed by atoms with Gasteiger partial charge in [0.25, 0.3) is 0 Å². The molecular formula is C17H21F3N2O2. The van der Waals surface area contributed by atoms with Crippen molar-refractivity contribution in [1.82, 2.24) is 4.90 Å². The predicted octanol–water partition coefficient (Wildman–Crippen LogP) is 3.32. The second kappa shape index (κ2) is 7.23. The van der Waals surface area contributed by atoms with E-state index in [1.54, 1.807) is 4.90 Å². The molecule has 1 saturated heterocycles. The lowest BCUT2D eigenvalue weighted by atomic mass is 10.0. The number of para-hydroxylation sites is 1. The summed E-state index contributed by atoms with van der Waals surface area (Å²) in [7, 11) is 0. The lowest BCUT2D eigenvalue weighted by molar-refractivity contribution is -0.138. The minimum atomic E-state index is -4.59. The SMILES string of the molecule is CC(=O)N(CC(=O)N1CCCC(C)C1)c1ccccc1C(F)(F)F. The van der Waals surface area contributed by atoms with Crippen molar-refractivity contribution < 1.29 is 22.8 Å². The predicted molar refractivity (Wildman–Crippen MR) is 84.4 cm³/mol. The van der Waals surface area contributed by atoms with Gasteiger partial charge in [-0.05, 0) is 30.9 Å². The fourth-order valence-corrected chi connectivity index (χ4v) is 2.97. The summed E-state index contributed by atoms with van der Waals surface area (Å²) in [5, 5.41) is 0. The van der Waals surface area contributed by atoms with E-state index in [1.165, 1.54) is 25.1 Å². The van der Waals surface area contributed by atoms with E-state index < -0.39 is 17.6 Å². The number of likely N-dealkylation sites (tertiary alicyclic amines) is 1. The van der Waals surface area contributed by atoms with Crippen LogP contribution in [0.25, 0.3) is 0 Å². The fourth-order valence-electron chi connectivity index (χ4n) is 2.97. The van der Waals surface area contributed by atoms with Crippen LogP contribution >= 0.6 is 0 Å². The highest BCUT2D eigenvalue weighted by Gasteiger charge is 2.36. The third kappa shape index (κ3) is 4.27. The quantitative estimate of drug-likeness (QED) is 0.845. The van der Waals surface area contributed by atoms with Gasteiger partial charge in [0.1, 0.15) is 6.54 Å². The van der Waals surface area contributed by atoms with E-state index in [-0.39, 0.29) is 18.1 Å². The summed E-state index contributed by atoms with van der Waals surface area (Å²) in [6.45, 7) is 3.97. The van der Waals surface area contributed by atoms with Gasteiger partial charge in [0.05, 0.1) is 11.3 Å². The van der Waals surface area contributed by atoms with Crippen molar-refractivity contribution in [2.75, 3.05) is 24.5 Å². The van der Waals surface area contributed by atoms with Gasteiger partial charge in [-0.2, -0.15) is 13.2 Å². The van der Waals surface area contributed by atoms with Crippen LogP contribution in [-0.4, -0.2) is 36.3 Å². The summed E-state index contributed by atoms with van der Waals surface area (Å²) in [6.07, 6.45) is -2.70. The highest BCUT2D eigenvalue weighted by Crippen LogP contribution is 2.36. The molecule has 132 valence electrons. The van der Waals surface area contributed by atoms with E-state index in [4.69, 9.17) is 0 Å². The maximum absolute atomic E-state index is 13.2. The highest BCUT2D eigenvalue weighted by atomic mass is 19.4. The van der Waals surface area contributed by atoms with E-state index in [0.29, 0.717) is 19.0 Å². The third-order valence-corrected chi connectivity index (χ3v) is 4.18. The van der Waals surface area contributed by atoms with Crippen LogP contribution in [0.5, 0.6) is 0 Å². The number of halogens is 3. The van der Waals surface area contributed by atoms with Crippen molar-refractivity contribution >= 4 is 17.5 Å². The Bertz CT molecular complexity index is 616. The van der Waals surface area contributed by atoms with Crippen LogP contribution in [0.3, 0.4) is 0 Å². The molecule has 0 N–H and O–H groups in total. The molecule has 0 aliphatic carbocycles. The van der Waals surface area contributed by atoms with Crippen molar-refractivity contribution in [3.8, 4) is 0 Å². The number of carbonyl (C=O) groups is 2. The van der Waals surface area contributed by atoms with E-state index in [2.05, 4.69) is 0 Å². The van der Waals surface area contributed by atoms with Gasteiger partial charge in [-0.15, -0.1) is 0 Å². The Morgan fingerprint density at radius 2 is 1.96 bits per heavy atom. The zero-order chi connectivity index (χ0) is 17.9. The average Bonchev–Trinajstić information content (AvgIpc) is 2.51. The first-order valence-corrected chi connectivity index (χ1v) is 7.92. The first-order chi connectivity index (χ1) is 11.2. The van der Waals surface area contributed by atoms with Crippen molar-refractivity contribution in [1.29, 1.82) is 0 Å². The van der Waals surface area contributed by atoms with Crippen LogP contribution < -0.4 is 4.90 Å². The summed E-state index contributed by atoms with van der Waals surface area (Å²) in [4.78, 5) is 26.9. The minimum Gasteiger partial charge on any atom is -0.341 e. The van der Waals surface area contributed by atoms with Gasteiger partial charge in [-0.1, -0.05) is 19.1 Å². The molecule has 2 rings (SSSR count). The molecular weight excluding hydrogens is 321 g/mol. The van der Waals surface area contributed by atoms with Crippen LogP contribution in [0.1, 0.15) is 32.3 Å². The molecule has 0 saturated carbocycles. The lowest BCUT2D eigenvalue weighted by Gasteiger charge is -2.33. The number of hydrogen-bond donors (Lipinski definition) is 0. The normalized spacial score (nSPS) is 18.4. The molecule has 1 aliphatic heterocycles. The van der Waals surface area contributed by atoms with E-state index >= 15 is 0 Å². The van der Waals surface area contributed by atoms with Crippen LogP contribution in [-0.2, 0) is 15.8 Å². The average molecular weight is 342 g/mol. The molecule has 1 aromatic rings. The van der Waals surface area contributed by atoms with E-state index in [0.717, 1.165) is 23.8 Å². The minimum absolute atomic E-state index is 0.282. The van der Waals surface area contributed by atoms with Gasteiger partial charge in [-0.3, -0.25) is 9.59 Å². The molecule has 2 amide bonds. The van der Waals surface area contributed by atoms with E-state index in [1.807, 2.05) is 6.92 Å². The summed E-state index contributed by atoms with van der Waals surface area (Å²) < 4.78 is 39.5. The molecule has 4 nitrogen and oxygen atoms in total. The molecule has 1 fully saturated rings. The van der Waals surface area contributed by atoms with Gasteiger partial charge in [0, 0.05) is 20.0 Å². The molecule has 24 heavy (non-hydrogen) atoms. The number of alkyl halides is 3. The number of nitrogens with zero attached hydrogens (tertiary/aromatic N) is 2. The van der Waals surface area contributed by atoms with Gasteiger partial charge in [0.15, 0.2) is 0 Å². The summed E-state index contributed by atoms with van der Waals surface area (Å²) in [5.41, 5.74) is -1.20. The second-order valence-corrected chi connectivity index (χ2v) is 6.21. The Morgan fingerprint density at radius 1 is 1.29 bits per heavy atom. The number of piperidine rings is 1. The summed E-state index contributed by atoms with van der Waals surface area (Å²) >= 11 is 0. The number of hydrogen-bond acceptors (Lipinski definition) is 2. The zero-order valence-electron chi connectivity index (χ0n) is 13.8. The zero-order valence-corrected chi connectivity index (χ0v) is 13.8. The molecule has 0 bridgehead atoms.